The summed E-state index contributed by atoms with van der Waals surface area (Å²) in [6.45, 7) is 19.0. The Morgan fingerprint density at radius 2 is 1.64 bits per heavy atom. The number of cyclic esters (lactones) is 1. The summed E-state index contributed by atoms with van der Waals surface area (Å²) in [5.41, 5.74) is -0.334. The fraction of sp³-hybridized carbons (Fsp3) is 0.811. The minimum atomic E-state index is -1.85. The van der Waals surface area contributed by atoms with Crippen LogP contribution in [0.15, 0.2) is 30.5 Å². The molecule has 2 aromatic rings. The molecule has 20 nitrogen and oxygen atoms in total. The highest BCUT2D eigenvalue weighted by atomic mass is 16.7. The van der Waals surface area contributed by atoms with Crippen LogP contribution in [-0.4, -0.2) is 185 Å². The Hall–Kier alpha value is -3.22. The molecule has 3 fully saturated rings. The largest absolute Gasteiger partial charge is 0.459 e. The smallest absolute Gasteiger partial charge is 0.311 e. The van der Waals surface area contributed by atoms with E-state index in [4.69, 9.17) is 33.6 Å². The van der Waals surface area contributed by atoms with Gasteiger partial charge < -0.3 is 58.9 Å². The lowest BCUT2D eigenvalue weighted by molar-refractivity contribution is -0.318. The SMILES string of the molecule is CC[C@@H]1OC(=O)[C@H](C)[C@@H](O[C@@H]2C[C@](C)(OC)[C@H](O)[C@@H](C)O2)[C@@H](C)[C@@H](O[C@@H]2O[C@H](C)C[C@H](N(C)Cc3ccccc3-c3cn(CCCCCCC(=O)NO)nn3)[C@H]2O)[C@](C)(O)C[C@@H](C)CN(C)[C@H](C)[C@@H](O)[C@]1(C)O. The molecule has 0 saturated carbocycles. The van der Waals surface area contributed by atoms with Gasteiger partial charge in [0.1, 0.15) is 35.7 Å². The summed E-state index contributed by atoms with van der Waals surface area (Å²) >= 11 is 0. The number of benzene rings is 1. The number of nitrogens with one attached hydrogen (secondary N) is 1. The number of likely N-dealkylation sites (N-methyl/N-ethyl adjacent to an activating group) is 2. The van der Waals surface area contributed by atoms with Crippen molar-refractivity contribution in [1.82, 2.24) is 30.3 Å². The van der Waals surface area contributed by atoms with Crippen LogP contribution in [0.2, 0.25) is 0 Å². The second-order valence-corrected chi connectivity index (χ2v) is 22.3. The van der Waals surface area contributed by atoms with Crippen LogP contribution >= 0.6 is 0 Å². The number of amides is 1. The molecular formula is C53H90N6O14. The highest BCUT2D eigenvalue weighted by Gasteiger charge is 2.53. The molecule has 416 valence electrons. The molecule has 7 N–H and O–H groups in total. The molecule has 0 spiro atoms. The summed E-state index contributed by atoms with van der Waals surface area (Å²) in [6, 6.07) is 6.87. The zero-order valence-corrected chi connectivity index (χ0v) is 45.7. The van der Waals surface area contributed by atoms with E-state index in [2.05, 4.69) is 15.2 Å². The van der Waals surface area contributed by atoms with Crippen molar-refractivity contribution in [1.29, 1.82) is 0 Å². The van der Waals surface area contributed by atoms with Gasteiger partial charge in [0.2, 0.25) is 5.91 Å². The summed E-state index contributed by atoms with van der Waals surface area (Å²) in [6.07, 6.45) is -3.81. The number of aliphatic hydroxyl groups excluding tert-OH is 3. The number of nitrogens with zero attached hydrogens (tertiary/aromatic N) is 5. The molecule has 3 aliphatic rings. The van der Waals surface area contributed by atoms with Crippen LogP contribution in [0.4, 0.5) is 0 Å². The molecule has 0 bridgehead atoms. The number of methoxy groups -OCH3 is 1. The Bertz CT molecular complexity index is 2040. The van der Waals surface area contributed by atoms with Crippen molar-refractivity contribution in [3.05, 3.63) is 36.0 Å². The number of hydroxylamine groups is 1. The molecular weight excluding hydrogens is 945 g/mol. The Morgan fingerprint density at radius 1 is 0.959 bits per heavy atom. The van der Waals surface area contributed by atoms with Crippen molar-refractivity contribution in [2.75, 3.05) is 27.7 Å². The molecule has 20 heteroatoms. The Balaban J connectivity index is 1.45. The zero-order chi connectivity index (χ0) is 54.2. The van der Waals surface area contributed by atoms with Gasteiger partial charge in [-0.3, -0.25) is 24.4 Å². The summed E-state index contributed by atoms with van der Waals surface area (Å²) in [4.78, 5) is 29.8. The number of ether oxygens (including phenoxy) is 6. The van der Waals surface area contributed by atoms with E-state index < -0.39 is 102 Å². The van der Waals surface area contributed by atoms with Gasteiger partial charge in [-0.25, -0.2) is 5.48 Å². The van der Waals surface area contributed by atoms with Crippen molar-refractivity contribution in [2.24, 2.45) is 17.8 Å². The van der Waals surface area contributed by atoms with Gasteiger partial charge in [0, 0.05) is 63.2 Å². The van der Waals surface area contributed by atoms with Crippen LogP contribution in [0.3, 0.4) is 0 Å². The number of carbonyl (C=O) groups is 2. The molecule has 3 aliphatic heterocycles. The average molecular weight is 1040 g/mol. The molecule has 0 aliphatic carbocycles. The van der Waals surface area contributed by atoms with E-state index >= 15 is 0 Å². The number of aryl methyl sites for hydroxylation is 1. The Labute approximate surface area is 432 Å². The zero-order valence-electron chi connectivity index (χ0n) is 45.7. The van der Waals surface area contributed by atoms with E-state index in [0.717, 1.165) is 30.4 Å². The summed E-state index contributed by atoms with van der Waals surface area (Å²) in [7, 11) is 5.28. The first-order valence-corrected chi connectivity index (χ1v) is 26.5. The topological polar surface area (TPSA) is 260 Å². The van der Waals surface area contributed by atoms with Crippen molar-refractivity contribution < 1.29 is 68.8 Å². The fourth-order valence-electron chi connectivity index (χ4n) is 11.5. The van der Waals surface area contributed by atoms with Gasteiger partial charge in [0.15, 0.2) is 12.6 Å². The second kappa shape index (κ2) is 26.2. The van der Waals surface area contributed by atoms with Gasteiger partial charge in [0.25, 0.3) is 0 Å². The third-order valence-corrected chi connectivity index (χ3v) is 16.0. The maximum Gasteiger partial charge on any atom is 0.311 e. The predicted octanol–water partition coefficient (Wildman–Crippen LogP) is 4.19. The maximum atomic E-state index is 14.5. The van der Waals surface area contributed by atoms with Crippen LogP contribution in [0, 0.1) is 17.8 Å². The van der Waals surface area contributed by atoms with E-state index in [-0.39, 0.29) is 43.6 Å². The highest BCUT2D eigenvalue weighted by Crippen LogP contribution is 2.40. The van der Waals surface area contributed by atoms with Gasteiger partial charge in [-0.05, 0) is 106 Å². The van der Waals surface area contributed by atoms with Crippen molar-refractivity contribution in [2.45, 2.75) is 230 Å². The maximum absolute atomic E-state index is 14.5. The normalized spacial score (nSPS) is 38.6. The van der Waals surface area contributed by atoms with Gasteiger partial charge in [-0.2, -0.15) is 0 Å². The van der Waals surface area contributed by atoms with Gasteiger partial charge in [0.05, 0.1) is 47.7 Å². The minimum Gasteiger partial charge on any atom is -0.459 e. The molecule has 73 heavy (non-hydrogen) atoms. The first-order chi connectivity index (χ1) is 34.3. The lowest BCUT2D eigenvalue weighted by Gasteiger charge is -2.49. The molecule has 1 aromatic carbocycles. The number of hydrogen-bond donors (Lipinski definition) is 7. The first-order valence-electron chi connectivity index (χ1n) is 26.5. The van der Waals surface area contributed by atoms with Crippen molar-refractivity contribution in [3.63, 3.8) is 0 Å². The number of aliphatic hydroxyl groups is 5. The van der Waals surface area contributed by atoms with E-state index in [9.17, 15) is 35.1 Å². The van der Waals surface area contributed by atoms with E-state index in [1.807, 2.05) is 74.9 Å². The van der Waals surface area contributed by atoms with Crippen LogP contribution in [0.25, 0.3) is 11.3 Å². The fourth-order valence-corrected chi connectivity index (χ4v) is 11.5. The lowest BCUT2D eigenvalue weighted by Crippen LogP contribution is -2.60. The molecule has 1 aromatic heterocycles. The molecule has 4 heterocycles. The van der Waals surface area contributed by atoms with E-state index in [1.165, 1.54) is 14.0 Å². The van der Waals surface area contributed by atoms with Crippen molar-refractivity contribution >= 4 is 11.9 Å². The van der Waals surface area contributed by atoms with Crippen molar-refractivity contribution in [3.8, 4) is 11.3 Å². The Kier molecular flexibility index (Phi) is 21.8. The molecule has 0 unspecified atom stereocenters. The van der Waals surface area contributed by atoms with Gasteiger partial charge >= 0.3 is 5.97 Å². The Morgan fingerprint density at radius 3 is 2.32 bits per heavy atom. The standard InChI is InChI=1S/C53H90N6O14/c1-14-41-53(10,66)46(62)35(6)57(11)28-31(2)26-51(8,65)48(33(4)45(34(5)49(64)71-41)72-43-27-52(9,68-13)47(63)36(7)70-43)73-50-44(61)40(25-32(3)69-50)58(12)29-37-21-18-19-22-38(37)39-30-59(56-54-39)24-20-16-15-17-23-42(60)55-67/h18-19,21-22,30-36,40-41,43-48,50,61-63,65-67H,14-17,20,23-29H2,1-13H3,(H,55,60)/t31-,32-,33-,34-,35-,36-,40+,41+,43-,44-,45+,46-,47-,48-,50+,51-,52+,53-/m1/s1. The number of esters is 1. The number of rotatable bonds is 17. The summed E-state index contributed by atoms with van der Waals surface area (Å²) < 4.78 is 40.3. The number of aromatic nitrogens is 3. The van der Waals surface area contributed by atoms with E-state index in [0.29, 0.717) is 38.2 Å². The molecule has 3 saturated heterocycles. The minimum absolute atomic E-state index is 0.0929. The molecule has 5 rings (SSSR count). The van der Waals surface area contributed by atoms with Crippen LogP contribution in [0.1, 0.15) is 133 Å². The van der Waals surface area contributed by atoms with Gasteiger partial charge in [-0.1, -0.05) is 63.1 Å². The second-order valence-electron chi connectivity index (χ2n) is 22.3. The number of hydrogen-bond acceptors (Lipinski definition) is 18. The summed E-state index contributed by atoms with van der Waals surface area (Å²) in [5.74, 6) is -3.22. The van der Waals surface area contributed by atoms with E-state index in [1.54, 1.807) is 47.0 Å². The van der Waals surface area contributed by atoms with Gasteiger partial charge in [-0.15, -0.1) is 5.10 Å². The quantitative estimate of drug-likeness (QED) is 0.0507. The first kappa shape index (κ1) is 60.6. The number of unbranched alkanes of at least 4 members (excludes halogenated alkanes) is 3. The monoisotopic (exact) mass is 1030 g/mol. The highest BCUT2D eigenvalue weighted by molar-refractivity contribution is 5.74. The molecule has 0 radical (unpaired) electrons. The summed E-state index contributed by atoms with van der Waals surface area (Å²) in [5, 5.41) is 77.6. The predicted molar refractivity (Wildman–Crippen MR) is 270 cm³/mol. The van der Waals surface area contributed by atoms with Crippen LogP contribution < -0.4 is 5.48 Å². The molecule has 18 atom stereocenters. The number of carbonyl (C=O) groups excluding carboxylic acids is 2. The average Bonchev–Trinajstić information content (AvgIpc) is 3.82. The van der Waals surface area contributed by atoms with Crippen LogP contribution in [0.5, 0.6) is 0 Å². The third kappa shape index (κ3) is 15.0. The lowest BCUT2D eigenvalue weighted by atomic mass is 9.77. The molecule has 1 amide bonds. The third-order valence-electron chi connectivity index (χ3n) is 16.0. The van der Waals surface area contributed by atoms with Crippen LogP contribution in [-0.2, 0) is 51.1 Å².